The largest absolute Gasteiger partial charge is 0.482 e. The molecule has 5 nitrogen and oxygen atoms in total. The molecule has 1 atom stereocenters. The molecule has 0 saturated carbocycles. The van der Waals surface area contributed by atoms with Gasteiger partial charge in [-0.25, -0.2) is 9.59 Å². The molecule has 1 rings (SSSR count). The zero-order chi connectivity index (χ0) is 16.5. The quantitative estimate of drug-likeness (QED) is 0.541. The van der Waals surface area contributed by atoms with E-state index in [9.17, 15) is 9.59 Å². The summed E-state index contributed by atoms with van der Waals surface area (Å²) in [4.78, 5) is 23.2. The maximum absolute atomic E-state index is 11.7. The van der Waals surface area contributed by atoms with Gasteiger partial charge in [0.15, 0.2) is 12.7 Å². The van der Waals surface area contributed by atoms with Gasteiger partial charge in [0.2, 0.25) is 0 Å². The molecule has 0 N–H and O–H groups in total. The lowest BCUT2D eigenvalue weighted by Crippen LogP contribution is -2.29. The molecule has 122 valence electrons. The van der Waals surface area contributed by atoms with Crippen molar-refractivity contribution in [2.75, 3.05) is 13.2 Å². The average molecular weight is 329 g/mol. The highest BCUT2D eigenvalue weighted by molar-refractivity contribution is 6.30. The summed E-state index contributed by atoms with van der Waals surface area (Å²) in [5.41, 5.74) is 0.812. The summed E-state index contributed by atoms with van der Waals surface area (Å²) in [6.45, 7) is 5.33. The molecular weight excluding hydrogens is 308 g/mol. The second-order valence-corrected chi connectivity index (χ2v) is 5.29. The Morgan fingerprint density at radius 2 is 2.05 bits per heavy atom. The van der Waals surface area contributed by atoms with Gasteiger partial charge in [0, 0.05) is 5.02 Å². The van der Waals surface area contributed by atoms with E-state index in [1.807, 2.05) is 13.8 Å². The van der Waals surface area contributed by atoms with Crippen LogP contribution in [0.5, 0.6) is 5.75 Å². The number of aryl methyl sites for hydroxylation is 1. The minimum absolute atomic E-state index is 0.283. The first-order chi connectivity index (χ1) is 10.4. The van der Waals surface area contributed by atoms with Crippen LogP contribution in [0.3, 0.4) is 0 Å². The smallest absolute Gasteiger partial charge is 0.347 e. The summed E-state index contributed by atoms with van der Waals surface area (Å²) >= 11 is 5.84. The van der Waals surface area contributed by atoms with Crippen molar-refractivity contribution in [3.63, 3.8) is 0 Å². The molecule has 0 aliphatic carbocycles. The summed E-state index contributed by atoms with van der Waals surface area (Å²) < 4.78 is 15.3. The van der Waals surface area contributed by atoms with Crippen LogP contribution in [-0.4, -0.2) is 31.3 Å². The Balaban J connectivity index is 2.37. The SMILES string of the molecule is CCCCOC(=O)[C@@H](C)OC(=O)COc1ccc(Cl)cc1C. The normalized spacial score (nSPS) is 11.6. The number of ether oxygens (including phenoxy) is 3. The second-order valence-electron chi connectivity index (χ2n) is 4.85. The van der Waals surface area contributed by atoms with Crippen LogP contribution in [0.25, 0.3) is 0 Å². The number of unbranched alkanes of at least 4 members (excludes halogenated alkanes) is 1. The third-order valence-electron chi connectivity index (χ3n) is 2.86. The van der Waals surface area contributed by atoms with E-state index in [1.54, 1.807) is 18.2 Å². The molecule has 0 aliphatic heterocycles. The first-order valence-electron chi connectivity index (χ1n) is 7.19. The number of rotatable bonds is 8. The average Bonchev–Trinajstić information content (AvgIpc) is 2.46. The minimum Gasteiger partial charge on any atom is -0.482 e. The predicted molar refractivity (Wildman–Crippen MR) is 83.1 cm³/mol. The molecule has 0 aliphatic rings. The number of hydrogen-bond acceptors (Lipinski definition) is 5. The predicted octanol–water partition coefficient (Wildman–Crippen LogP) is 3.30. The summed E-state index contributed by atoms with van der Waals surface area (Å²) in [5.74, 6) is -0.640. The standard InChI is InChI=1S/C16H21ClO5/c1-4-5-8-20-16(19)12(3)22-15(18)10-21-14-7-6-13(17)9-11(14)2/h6-7,9,12H,4-5,8,10H2,1-3H3/t12-/m1/s1. The Kier molecular flexibility index (Phi) is 7.74. The van der Waals surface area contributed by atoms with Gasteiger partial charge < -0.3 is 14.2 Å². The van der Waals surface area contributed by atoms with E-state index in [4.69, 9.17) is 25.8 Å². The van der Waals surface area contributed by atoms with Crippen LogP contribution >= 0.6 is 11.6 Å². The summed E-state index contributed by atoms with van der Waals surface area (Å²) in [6, 6.07) is 5.08. The third kappa shape index (κ3) is 6.35. The van der Waals surface area contributed by atoms with Crippen molar-refractivity contribution in [3.05, 3.63) is 28.8 Å². The van der Waals surface area contributed by atoms with Gasteiger partial charge in [0.25, 0.3) is 0 Å². The van der Waals surface area contributed by atoms with Crippen LogP contribution < -0.4 is 4.74 Å². The zero-order valence-electron chi connectivity index (χ0n) is 13.1. The lowest BCUT2D eigenvalue weighted by atomic mass is 10.2. The van der Waals surface area contributed by atoms with E-state index in [-0.39, 0.29) is 6.61 Å². The van der Waals surface area contributed by atoms with Gasteiger partial charge in [-0.3, -0.25) is 0 Å². The second kappa shape index (κ2) is 9.30. The van der Waals surface area contributed by atoms with Gasteiger partial charge in [0.1, 0.15) is 5.75 Å². The number of esters is 2. The van der Waals surface area contributed by atoms with Crippen molar-refractivity contribution in [2.24, 2.45) is 0 Å². The van der Waals surface area contributed by atoms with Crippen molar-refractivity contribution < 1.29 is 23.8 Å². The monoisotopic (exact) mass is 328 g/mol. The Labute approximate surface area is 135 Å². The molecule has 0 radical (unpaired) electrons. The lowest BCUT2D eigenvalue weighted by molar-refractivity contribution is -0.167. The lowest BCUT2D eigenvalue weighted by Gasteiger charge is -2.13. The number of carbonyl (C=O) groups is 2. The molecule has 0 fully saturated rings. The van der Waals surface area contributed by atoms with Gasteiger partial charge in [-0.05, 0) is 44.0 Å². The van der Waals surface area contributed by atoms with E-state index < -0.39 is 18.0 Å². The van der Waals surface area contributed by atoms with E-state index in [0.717, 1.165) is 18.4 Å². The van der Waals surface area contributed by atoms with Gasteiger partial charge in [-0.1, -0.05) is 24.9 Å². The van der Waals surface area contributed by atoms with Crippen LogP contribution in [0.15, 0.2) is 18.2 Å². The Hall–Kier alpha value is -1.75. The summed E-state index contributed by atoms with van der Waals surface area (Å²) in [5, 5.41) is 0.593. The van der Waals surface area contributed by atoms with Crippen LogP contribution in [0.2, 0.25) is 5.02 Å². The fourth-order valence-corrected chi connectivity index (χ4v) is 1.85. The van der Waals surface area contributed by atoms with Crippen LogP contribution in [0, 0.1) is 6.92 Å². The van der Waals surface area contributed by atoms with Crippen LogP contribution in [0.4, 0.5) is 0 Å². The number of carbonyl (C=O) groups excluding carboxylic acids is 2. The first-order valence-corrected chi connectivity index (χ1v) is 7.57. The highest BCUT2D eigenvalue weighted by atomic mass is 35.5. The molecule has 0 spiro atoms. The van der Waals surface area contributed by atoms with Crippen molar-refractivity contribution >= 4 is 23.5 Å². The maximum Gasteiger partial charge on any atom is 0.347 e. The van der Waals surface area contributed by atoms with Crippen molar-refractivity contribution in [3.8, 4) is 5.75 Å². The molecular formula is C16H21ClO5. The summed E-state index contributed by atoms with van der Waals surface area (Å²) in [6.07, 6.45) is 0.764. The van der Waals surface area contributed by atoms with Crippen molar-refractivity contribution in [1.29, 1.82) is 0 Å². The number of halogens is 1. The van der Waals surface area contributed by atoms with Crippen LogP contribution in [-0.2, 0) is 19.1 Å². The fourth-order valence-electron chi connectivity index (χ4n) is 1.63. The van der Waals surface area contributed by atoms with Crippen molar-refractivity contribution in [2.45, 2.75) is 39.7 Å². The fraction of sp³-hybridized carbons (Fsp3) is 0.500. The summed E-state index contributed by atoms with van der Waals surface area (Å²) in [7, 11) is 0. The minimum atomic E-state index is -0.945. The molecule has 0 amide bonds. The van der Waals surface area contributed by atoms with Crippen LogP contribution in [0.1, 0.15) is 32.3 Å². The Morgan fingerprint density at radius 1 is 1.32 bits per heavy atom. The van der Waals surface area contributed by atoms with E-state index >= 15 is 0 Å². The Bertz CT molecular complexity index is 515. The van der Waals surface area contributed by atoms with Gasteiger partial charge in [-0.2, -0.15) is 0 Å². The van der Waals surface area contributed by atoms with Gasteiger partial charge >= 0.3 is 11.9 Å². The Morgan fingerprint density at radius 3 is 2.68 bits per heavy atom. The molecule has 0 heterocycles. The van der Waals surface area contributed by atoms with Gasteiger partial charge in [0.05, 0.1) is 6.61 Å². The zero-order valence-corrected chi connectivity index (χ0v) is 13.8. The third-order valence-corrected chi connectivity index (χ3v) is 3.10. The first kappa shape index (κ1) is 18.3. The van der Waals surface area contributed by atoms with E-state index in [1.165, 1.54) is 6.92 Å². The van der Waals surface area contributed by atoms with E-state index in [0.29, 0.717) is 17.4 Å². The highest BCUT2D eigenvalue weighted by Crippen LogP contribution is 2.21. The molecule has 0 unspecified atom stereocenters. The molecule has 0 bridgehead atoms. The number of benzene rings is 1. The molecule has 6 heteroatoms. The van der Waals surface area contributed by atoms with Crippen molar-refractivity contribution in [1.82, 2.24) is 0 Å². The van der Waals surface area contributed by atoms with Gasteiger partial charge in [-0.15, -0.1) is 0 Å². The number of hydrogen-bond donors (Lipinski definition) is 0. The maximum atomic E-state index is 11.7. The highest BCUT2D eigenvalue weighted by Gasteiger charge is 2.19. The molecule has 0 aromatic heterocycles. The topological polar surface area (TPSA) is 61.8 Å². The molecule has 22 heavy (non-hydrogen) atoms. The molecule has 1 aromatic carbocycles. The molecule has 1 aromatic rings. The van der Waals surface area contributed by atoms with E-state index in [2.05, 4.69) is 0 Å². The molecule has 0 saturated heterocycles.